The van der Waals surface area contributed by atoms with Crippen LogP contribution in [0.15, 0.2) is 30.5 Å². The molecule has 0 saturated heterocycles. The lowest BCUT2D eigenvalue weighted by Gasteiger charge is -2.24. The Morgan fingerprint density at radius 2 is 1.58 bits per heavy atom. The maximum absolute atomic E-state index is 12.7. The van der Waals surface area contributed by atoms with Crippen molar-refractivity contribution in [3.63, 3.8) is 0 Å². The van der Waals surface area contributed by atoms with E-state index in [-0.39, 0.29) is 12.8 Å². The van der Waals surface area contributed by atoms with Crippen LogP contribution in [-0.4, -0.2) is 80.2 Å². The van der Waals surface area contributed by atoms with Crippen molar-refractivity contribution >= 4 is 40.6 Å². The molecule has 5 unspecified atom stereocenters. The number of para-hydroxylation sites is 1. The zero-order valence-corrected chi connectivity index (χ0v) is 19.9. The summed E-state index contributed by atoms with van der Waals surface area (Å²) in [5.41, 5.74) is 7.05. The van der Waals surface area contributed by atoms with Crippen LogP contribution in [-0.2, 0) is 30.4 Å². The second-order valence-corrected chi connectivity index (χ2v) is 8.45. The first-order valence-electron chi connectivity index (χ1n) is 11.2. The van der Waals surface area contributed by atoms with Crippen LogP contribution in [0.4, 0.5) is 0 Å². The Hall–Kier alpha value is -3.97. The molecule has 1 aromatic carbocycles. The molecular formula is C23H31N5O8. The summed E-state index contributed by atoms with van der Waals surface area (Å²) in [5, 5.41) is 35.8. The van der Waals surface area contributed by atoms with Crippen LogP contribution in [0.25, 0.3) is 10.9 Å². The molecule has 2 rings (SSSR count). The Balaban J connectivity index is 2.05. The first-order valence-corrected chi connectivity index (χ1v) is 11.2. The molecule has 0 aliphatic carbocycles. The number of aromatic nitrogens is 1. The summed E-state index contributed by atoms with van der Waals surface area (Å²) < 4.78 is 0. The lowest BCUT2D eigenvalue weighted by molar-refractivity contribution is -0.142. The van der Waals surface area contributed by atoms with Gasteiger partial charge in [-0.15, -0.1) is 0 Å². The lowest BCUT2D eigenvalue weighted by Crippen LogP contribution is -2.57. The number of nitrogens with one attached hydrogen (secondary N) is 4. The van der Waals surface area contributed by atoms with Gasteiger partial charge in [-0.1, -0.05) is 18.2 Å². The molecule has 0 saturated carbocycles. The summed E-state index contributed by atoms with van der Waals surface area (Å²) in [4.78, 5) is 63.3. The van der Waals surface area contributed by atoms with Crippen molar-refractivity contribution < 1.29 is 39.3 Å². The maximum Gasteiger partial charge on any atom is 0.326 e. The predicted molar refractivity (Wildman–Crippen MR) is 128 cm³/mol. The van der Waals surface area contributed by atoms with E-state index in [1.807, 2.05) is 18.2 Å². The number of aliphatic hydroxyl groups is 1. The molecule has 0 bridgehead atoms. The quantitative estimate of drug-likeness (QED) is 0.164. The number of nitrogens with two attached hydrogens (primary N) is 1. The number of rotatable bonds is 13. The minimum absolute atomic E-state index is 0.0136. The van der Waals surface area contributed by atoms with Gasteiger partial charge in [0.15, 0.2) is 0 Å². The van der Waals surface area contributed by atoms with Crippen molar-refractivity contribution in [2.75, 3.05) is 0 Å². The summed E-state index contributed by atoms with van der Waals surface area (Å²) in [5.74, 6) is -5.02. The van der Waals surface area contributed by atoms with Gasteiger partial charge in [-0.25, -0.2) is 4.79 Å². The van der Waals surface area contributed by atoms with Crippen LogP contribution < -0.4 is 21.7 Å². The number of fused-ring (bicyclic) bond motifs is 1. The number of aromatic amines is 1. The van der Waals surface area contributed by atoms with E-state index in [2.05, 4.69) is 20.9 Å². The number of benzene rings is 1. The molecule has 196 valence electrons. The molecular weight excluding hydrogens is 474 g/mol. The summed E-state index contributed by atoms with van der Waals surface area (Å²) in [6.07, 6.45) is -0.338. The molecule has 9 N–H and O–H groups in total. The van der Waals surface area contributed by atoms with Gasteiger partial charge < -0.3 is 42.0 Å². The number of carbonyl (C=O) groups excluding carboxylic acids is 3. The Labute approximate surface area is 206 Å². The summed E-state index contributed by atoms with van der Waals surface area (Å²) in [6.45, 7) is 2.59. The fourth-order valence-electron chi connectivity index (χ4n) is 3.42. The van der Waals surface area contributed by atoms with Crippen LogP contribution >= 0.6 is 0 Å². The van der Waals surface area contributed by atoms with E-state index in [9.17, 15) is 34.2 Å². The molecule has 0 aliphatic rings. The first-order chi connectivity index (χ1) is 16.9. The number of hydrogen-bond acceptors (Lipinski definition) is 7. The zero-order chi connectivity index (χ0) is 27.0. The number of carbonyl (C=O) groups is 5. The van der Waals surface area contributed by atoms with Gasteiger partial charge in [-0.05, 0) is 31.9 Å². The average Bonchev–Trinajstić information content (AvgIpc) is 3.22. The van der Waals surface area contributed by atoms with Crippen LogP contribution in [0, 0.1) is 0 Å². The highest BCUT2D eigenvalue weighted by molar-refractivity contribution is 5.94. The minimum Gasteiger partial charge on any atom is -0.481 e. The number of amides is 3. The fraction of sp³-hybridized carbons (Fsp3) is 0.435. The Kier molecular flexibility index (Phi) is 9.93. The van der Waals surface area contributed by atoms with Crippen molar-refractivity contribution in [1.82, 2.24) is 20.9 Å². The number of aliphatic hydroxyl groups excluding tert-OH is 1. The SMILES string of the molecule is CC(NC(=O)C(CCC(=O)O)NC(=O)C(N)C(C)O)C(=O)NC(Cc1c[nH]c2ccccc12)C(=O)O. The van der Waals surface area contributed by atoms with Crippen molar-refractivity contribution in [2.45, 2.75) is 63.4 Å². The molecule has 3 amide bonds. The molecule has 0 radical (unpaired) electrons. The topological polar surface area (TPSA) is 224 Å². The highest BCUT2D eigenvalue weighted by atomic mass is 16.4. The van der Waals surface area contributed by atoms with Gasteiger partial charge in [0.1, 0.15) is 24.2 Å². The normalized spacial score (nSPS) is 15.2. The standard InChI is InChI=1S/C23H31N5O8/c1-11(26-21(33)16(7-8-18(30)31)27-22(34)19(24)12(2)29)20(32)28-17(23(35)36)9-13-10-25-15-6-4-3-5-14(13)15/h3-6,10-12,16-17,19,25,29H,7-9,24H2,1-2H3,(H,26,33)(H,27,34)(H,28,32)(H,30,31)(H,35,36). The molecule has 36 heavy (non-hydrogen) atoms. The monoisotopic (exact) mass is 505 g/mol. The molecule has 1 aromatic heterocycles. The van der Waals surface area contributed by atoms with Crippen molar-refractivity contribution in [3.8, 4) is 0 Å². The van der Waals surface area contributed by atoms with Gasteiger partial charge in [-0.3, -0.25) is 19.2 Å². The van der Waals surface area contributed by atoms with Crippen LogP contribution in [0.1, 0.15) is 32.3 Å². The van der Waals surface area contributed by atoms with Gasteiger partial charge in [0.25, 0.3) is 0 Å². The van der Waals surface area contributed by atoms with E-state index in [4.69, 9.17) is 10.8 Å². The van der Waals surface area contributed by atoms with Gasteiger partial charge >= 0.3 is 11.9 Å². The van der Waals surface area contributed by atoms with Crippen LogP contribution in [0.2, 0.25) is 0 Å². The third-order valence-corrected chi connectivity index (χ3v) is 5.57. The molecule has 0 spiro atoms. The summed E-state index contributed by atoms with van der Waals surface area (Å²) >= 11 is 0. The molecule has 1 heterocycles. The fourth-order valence-corrected chi connectivity index (χ4v) is 3.42. The number of carboxylic acids is 2. The first kappa shape index (κ1) is 28.3. The molecule has 5 atom stereocenters. The number of carboxylic acid groups (broad SMARTS) is 2. The Morgan fingerprint density at radius 1 is 0.944 bits per heavy atom. The van der Waals surface area contributed by atoms with Crippen molar-refractivity contribution in [2.24, 2.45) is 5.73 Å². The smallest absolute Gasteiger partial charge is 0.326 e. The third-order valence-electron chi connectivity index (χ3n) is 5.57. The molecule has 13 nitrogen and oxygen atoms in total. The predicted octanol–water partition coefficient (Wildman–Crippen LogP) is -1.16. The molecule has 13 heteroatoms. The number of aliphatic carboxylic acids is 2. The lowest BCUT2D eigenvalue weighted by atomic mass is 10.0. The summed E-state index contributed by atoms with van der Waals surface area (Å²) in [6, 6.07) is 2.08. The van der Waals surface area contributed by atoms with Gasteiger partial charge in [0.05, 0.1) is 6.10 Å². The van der Waals surface area contributed by atoms with Crippen LogP contribution in [0.3, 0.4) is 0 Å². The van der Waals surface area contributed by atoms with Crippen LogP contribution in [0.5, 0.6) is 0 Å². The average molecular weight is 506 g/mol. The maximum atomic E-state index is 12.7. The Bertz CT molecular complexity index is 1110. The van der Waals surface area contributed by atoms with Gasteiger partial charge in [-0.2, -0.15) is 0 Å². The highest BCUT2D eigenvalue weighted by Gasteiger charge is 2.30. The van der Waals surface area contributed by atoms with E-state index in [0.29, 0.717) is 5.56 Å². The largest absolute Gasteiger partial charge is 0.481 e. The second-order valence-electron chi connectivity index (χ2n) is 8.45. The number of H-pyrrole nitrogens is 1. The van der Waals surface area contributed by atoms with Gasteiger partial charge in [0, 0.05) is 29.9 Å². The highest BCUT2D eigenvalue weighted by Crippen LogP contribution is 2.19. The molecule has 0 aliphatic heterocycles. The van der Waals surface area contributed by atoms with E-state index in [1.165, 1.54) is 13.8 Å². The van der Waals surface area contributed by atoms with Crippen molar-refractivity contribution in [3.05, 3.63) is 36.0 Å². The van der Waals surface area contributed by atoms with E-state index < -0.39 is 66.4 Å². The molecule has 2 aromatic rings. The number of hydrogen-bond donors (Lipinski definition) is 8. The molecule has 0 fully saturated rings. The third kappa shape index (κ3) is 7.78. The van der Waals surface area contributed by atoms with E-state index in [1.54, 1.807) is 12.3 Å². The van der Waals surface area contributed by atoms with E-state index >= 15 is 0 Å². The summed E-state index contributed by atoms with van der Waals surface area (Å²) in [7, 11) is 0. The second kappa shape index (κ2) is 12.7. The Morgan fingerprint density at radius 3 is 2.19 bits per heavy atom. The van der Waals surface area contributed by atoms with Gasteiger partial charge in [0.2, 0.25) is 17.7 Å². The van der Waals surface area contributed by atoms with E-state index in [0.717, 1.165) is 10.9 Å². The zero-order valence-electron chi connectivity index (χ0n) is 19.9. The minimum atomic E-state index is -1.35. The van der Waals surface area contributed by atoms with Crippen molar-refractivity contribution in [1.29, 1.82) is 0 Å².